The number of likely N-dealkylation sites (tertiary alicyclic amines) is 1. The Labute approximate surface area is 207 Å². The van der Waals surface area contributed by atoms with Gasteiger partial charge in [0.2, 0.25) is 0 Å². The molecule has 0 N–H and O–H groups in total. The zero-order chi connectivity index (χ0) is 24.4. The van der Waals surface area contributed by atoms with E-state index in [1.165, 1.54) is 58.0 Å². The Bertz CT molecular complexity index is 754. The molecule has 1 saturated heterocycles. The van der Waals surface area contributed by atoms with E-state index in [1.54, 1.807) is 16.7 Å². The van der Waals surface area contributed by atoms with E-state index in [0.717, 1.165) is 30.1 Å². The Morgan fingerprint density at radius 3 is 2.36 bits per heavy atom. The van der Waals surface area contributed by atoms with Crippen molar-refractivity contribution in [1.82, 2.24) is 4.90 Å². The van der Waals surface area contributed by atoms with Crippen molar-refractivity contribution < 1.29 is 0 Å². The van der Waals surface area contributed by atoms with Crippen LogP contribution < -0.4 is 0 Å². The molecule has 1 aliphatic heterocycles. The molecule has 1 nitrogen and oxygen atoms in total. The summed E-state index contributed by atoms with van der Waals surface area (Å²) in [5.41, 5.74) is 5.58. The molecule has 5 atom stereocenters. The fraction of sp³-hybridized carbons (Fsp3) is 0.812. The van der Waals surface area contributed by atoms with Crippen LogP contribution in [0, 0.1) is 36.0 Å². The minimum atomic E-state index is 0.319. The van der Waals surface area contributed by atoms with Crippen LogP contribution in [0.3, 0.4) is 0 Å². The van der Waals surface area contributed by atoms with Crippen molar-refractivity contribution in [3.8, 4) is 0 Å². The van der Waals surface area contributed by atoms with Crippen LogP contribution in [0.2, 0.25) is 0 Å². The predicted octanol–water partition coefficient (Wildman–Crippen LogP) is 8.81. The maximum Gasteiger partial charge on any atom is 0.0104 e. The van der Waals surface area contributed by atoms with Crippen molar-refractivity contribution >= 4 is 0 Å². The van der Waals surface area contributed by atoms with E-state index in [1.807, 2.05) is 0 Å². The van der Waals surface area contributed by atoms with Crippen molar-refractivity contribution in [3.63, 3.8) is 0 Å². The average Bonchev–Trinajstić information content (AvgIpc) is 3.59. The third-order valence-electron chi connectivity index (χ3n) is 10.1. The molecule has 1 heteroatoms. The molecule has 0 aromatic heterocycles. The summed E-state index contributed by atoms with van der Waals surface area (Å²) in [5.74, 6) is 3.28. The van der Waals surface area contributed by atoms with Gasteiger partial charge in [-0.25, -0.2) is 0 Å². The van der Waals surface area contributed by atoms with Crippen molar-refractivity contribution in [3.05, 3.63) is 34.9 Å². The number of hydrogen-bond acceptors (Lipinski definition) is 1. The molecule has 0 amide bonds. The van der Waals surface area contributed by atoms with Crippen LogP contribution in [-0.2, 0) is 11.8 Å². The van der Waals surface area contributed by atoms with Gasteiger partial charge in [-0.05, 0) is 105 Å². The van der Waals surface area contributed by atoms with E-state index in [-0.39, 0.29) is 0 Å². The Morgan fingerprint density at radius 2 is 1.82 bits per heavy atom. The number of rotatable bonds is 10. The first-order valence-electron chi connectivity index (χ1n) is 14.4. The lowest BCUT2D eigenvalue weighted by Crippen LogP contribution is -2.56. The van der Waals surface area contributed by atoms with Crippen molar-refractivity contribution in [2.45, 2.75) is 125 Å². The molecule has 1 aromatic carbocycles. The maximum atomic E-state index is 2.91. The monoisotopic (exact) mass is 453 g/mol. The normalized spacial score (nSPS) is 28.6. The summed E-state index contributed by atoms with van der Waals surface area (Å²) in [7, 11) is 0. The predicted molar refractivity (Wildman–Crippen MR) is 146 cm³/mol. The van der Waals surface area contributed by atoms with Crippen molar-refractivity contribution in [1.29, 1.82) is 0 Å². The molecule has 33 heavy (non-hydrogen) atoms. The summed E-state index contributed by atoms with van der Waals surface area (Å²) in [5, 5.41) is 0. The van der Waals surface area contributed by atoms with Gasteiger partial charge in [-0.15, -0.1) is 0 Å². The number of aryl methyl sites for hydroxylation is 2. The largest absolute Gasteiger partial charge is 0.300 e. The number of piperidine rings is 1. The lowest BCUT2D eigenvalue weighted by Gasteiger charge is -2.55. The first-order chi connectivity index (χ1) is 15.6. The average molecular weight is 454 g/mol. The molecule has 0 bridgehead atoms. The van der Waals surface area contributed by atoms with Gasteiger partial charge in [0.25, 0.3) is 0 Å². The van der Waals surface area contributed by atoms with Crippen molar-refractivity contribution in [2.24, 2.45) is 29.1 Å². The minimum Gasteiger partial charge on any atom is -0.300 e. The molecular formula is C32H55N. The molecule has 1 aromatic rings. The van der Waals surface area contributed by atoms with Crippen LogP contribution in [-0.4, -0.2) is 24.0 Å². The Kier molecular flexibility index (Phi) is 8.80. The van der Waals surface area contributed by atoms with E-state index in [9.17, 15) is 0 Å². The summed E-state index contributed by atoms with van der Waals surface area (Å²) in [6, 6.07) is 7.80. The van der Waals surface area contributed by atoms with Gasteiger partial charge in [-0.1, -0.05) is 79.5 Å². The van der Waals surface area contributed by atoms with Gasteiger partial charge >= 0.3 is 0 Å². The highest BCUT2D eigenvalue weighted by atomic mass is 15.2. The van der Waals surface area contributed by atoms with Crippen LogP contribution in [0.5, 0.6) is 0 Å². The van der Waals surface area contributed by atoms with Crippen LogP contribution in [0.1, 0.15) is 117 Å². The Hall–Kier alpha value is -0.820. The molecule has 1 aliphatic carbocycles. The lowest BCUT2D eigenvalue weighted by molar-refractivity contribution is 0.00241. The van der Waals surface area contributed by atoms with E-state index < -0.39 is 0 Å². The van der Waals surface area contributed by atoms with E-state index in [2.05, 4.69) is 85.4 Å². The molecule has 0 radical (unpaired) electrons. The molecule has 3 rings (SSSR count). The van der Waals surface area contributed by atoms with Gasteiger partial charge in [0.1, 0.15) is 0 Å². The van der Waals surface area contributed by atoms with Gasteiger partial charge in [0.15, 0.2) is 0 Å². The number of nitrogens with zero attached hydrogens (tertiary/aromatic N) is 1. The standard InChI is InChI=1S/C32H55N/c1-10-14-28(24(5)31(7,8)9)21-29-25(6)33(22-26-17-18-26)20-19-32(29,12-3)30-23(4)15-13-16-27(30)11-2/h13,15-16,24-26,28-29H,10-12,14,17-22H2,1-9H3/t24-,25?,28?,29?,32?/m1/s1. The highest BCUT2D eigenvalue weighted by molar-refractivity contribution is 5.42. The van der Waals surface area contributed by atoms with Crippen LogP contribution in [0.15, 0.2) is 18.2 Å². The second-order valence-corrected chi connectivity index (χ2v) is 12.9. The molecule has 2 aliphatic rings. The molecule has 2 fully saturated rings. The van der Waals surface area contributed by atoms with Crippen LogP contribution >= 0.6 is 0 Å². The summed E-state index contributed by atoms with van der Waals surface area (Å²) >= 11 is 0. The molecule has 1 heterocycles. The quantitative estimate of drug-likeness (QED) is 0.342. The van der Waals surface area contributed by atoms with E-state index in [0.29, 0.717) is 16.9 Å². The van der Waals surface area contributed by atoms with Crippen LogP contribution in [0.25, 0.3) is 0 Å². The third kappa shape index (κ3) is 5.71. The van der Waals surface area contributed by atoms with Gasteiger partial charge < -0.3 is 4.90 Å². The minimum absolute atomic E-state index is 0.319. The van der Waals surface area contributed by atoms with Gasteiger partial charge in [0.05, 0.1) is 0 Å². The third-order valence-corrected chi connectivity index (χ3v) is 10.1. The number of hydrogen-bond donors (Lipinski definition) is 0. The molecule has 4 unspecified atom stereocenters. The zero-order valence-electron chi connectivity index (χ0n) is 23.6. The first kappa shape index (κ1) is 26.8. The highest BCUT2D eigenvalue weighted by Crippen LogP contribution is 2.52. The second-order valence-electron chi connectivity index (χ2n) is 12.9. The van der Waals surface area contributed by atoms with Gasteiger partial charge in [-0.3, -0.25) is 0 Å². The Morgan fingerprint density at radius 1 is 1.12 bits per heavy atom. The molecular weight excluding hydrogens is 398 g/mol. The number of benzene rings is 1. The lowest BCUT2D eigenvalue weighted by atomic mass is 9.56. The topological polar surface area (TPSA) is 3.24 Å². The van der Waals surface area contributed by atoms with Gasteiger partial charge in [0, 0.05) is 18.0 Å². The van der Waals surface area contributed by atoms with Gasteiger partial charge in [-0.2, -0.15) is 0 Å². The summed E-state index contributed by atoms with van der Waals surface area (Å²) in [6.45, 7) is 24.8. The summed E-state index contributed by atoms with van der Waals surface area (Å²) < 4.78 is 0. The SMILES string of the molecule is CCCC(CC1C(C)N(CC2CC2)CCC1(CC)c1c(C)cccc1CC)[C@@H](C)C(C)(C)C. The summed E-state index contributed by atoms with van der Waals surface area (Å²) in [6.07, 6.45) is 10.8. The fourth-order valence-electron chi connectivity index (χ4n) is 7.40. The van der Waals surface area contributed by atoms with Crippen LogP contribution in [0.4, 0.5) is 0 Å². The molecule has 1 saturated carbocycles. The van der Waals surface area contributed by atoms with E-state index in [4.69, 9.17) is 0 Å². The Balaban J connectivity index is 2.06. The fourth-order valence-corrected chi connectivity index (χ4v) is 7.40. The molecule has 188 valence electrons. The maximum absolute atomic E-state index is 2.91. The highest BCUT2D eigenvalue weighted by Gasteiger charge is 2.49. The summed E-state index contributed by atoms with van der Waals surface area (Å²) in [4.78, 5) is 2.91. The molecule has 0 spiro atoms. The van der Waals surface area contributed by atoms with E-state index >= 15 is 0 Å². The smallest absolute Gasteiger partial charge is 0.0104 e. The zero-order valence-corrected chi connectivity index (χ0v) is 23.6. The second kappa shape index (κ2) is 10.8. The van der Waals surface area contributed by atoms with Crippen molar-refractivity contribution in [2.75, 3.05) is 13.1 Å². The first-order valence-corrected chi connectivity index (χ1v) is 14.4.